The minimum atomic E-state index is -2.00. The first-order valence-corrected chi connectivity index (χ1v) is 20.8. The molecule has 200 valence electrons. The highest BCUT2D eigenvalue weighted by atomic mass is 28.3. The fraction of sp³-hybridized carbons (Fsp3) is 0.257. The molecule has 0 aliphatic carbocycles. The molecule has 0 saturated carbocycles. The maximum Gasteiger partial charge on any atom is 0.267 e. The largest absolute Gasteiger partial charge is 0.368 e. The number of hydrogen-bond donors (Lipinski definition) is 0. The van der Waals surface area contributed by atoms with Crippen molar-refractivity contribution in [1.82, 2.24) is 12.7 Å². The third kappa shape index (κ3) is 3.10. The molecular weight excluding hydrogens is 519 g/mol. The first-order valence-electron chi connectivity index (χ1n) is 14.8. The summed E-state index contributed by atoms with van der Waals surface area (Å²) in [5.74, 6) is 0.601. The topological polar surface area (TPSA) is 14.8 Å². The van der Waals surface area contributed by atoms with E-state index >= 15 is 0 Å². The quantitative estimate of drug-likeness (QED) is 0.189. The second kappa shape index (κ2) is 8.02. The summed E-state index contributed by atoms with van der Waals surface area (Å²) in [6.45, 7) is 14.8. The first-order chi connectivity index (χ1) is 19.2. The lowest BCUT2D eigenvalue weighted by molar-refractivity contribution is 0.681. The second-order valence-corrected chi connectivity index (χ2v) is 21.6. The van der Waals surface area contributed by atoms with E-state index in [4.69, 9.17) is 0 Å². The molecule has 0 fully saturated rings. The van der Waals surface area contributed by atoms with Gasteiger partial charge in [-0.25, -0.2) is 0 Å². The fourth-order valence-corrected chi connectivity index (χ4v) is 15.0. The van der Waals surface area contributed by atoms with Gasteiger partial charge in [-0.3, -0.25) is 0 Å². The van der Waals surface area contributed by atoms with Gasteiger partial charge in [-0.2, -0.15) is 0 Å². The van der Waals surface area contributed by atoms with Crippen molar-refractivity contribution in [2.75, 3.05) is 0 Å². The normalized spacial score (nSPS) is 19.9. The van der Waals surface area contributed by atoms with Crippen LogP contribution >= 0.6 is 0 Å². The molecule has 2 aliphatic rings. The average molecular weight is 556 g/mol. The second-order valence-electron chi connectivity index (χ2n) is 13.2. The van der Waals surface area contributed by atoms with E-state index in [9.17, 15) is 0 Å². The molecule has 40 heavy (non-hydrogen) atoms. The van der Waals surface area contributed by atoms with Crippen molar-refractivity contribution in [3.8, 4) is 11.4 Å². The molecule has 0 radical (unpaired) electrons. The highest BCUT2D eigenvalue weighted by molar-refractivity contribution is 6.78. The van der Waals surface area contributed by atoms with Crippen LogP contribution in [0.1, 0.15) is 30.2 Å². The zero-order valence-electron chi connectivity index (χ0n) is 24.4. The van der Waals surface area contributed by atoms with Crippen molar-refractivity contribution in [3.05, 3.63) is 95.7 Å². The van der Waals surface area contributed by atoms with Crippen molar-refractivity contribution in [2.24, 2.45) is 5.92 Å². The van der Waals surface area contributed by atoms with Crippen LogP contribution in [0.4, 0.5) is 0 Å². The molecule has 0 N–H and O–H groups in total. The van der Waals surface area contributed by atoms with Crippen LogP contribution < -0.4 is 0 Å². The van der Waals surface area contributed by atoms with Crippen LogP contribution in [-0.4, -0.2) is 29.3 Å². The molecule has 6 aromatic rings. The average Bonchev–Trinajstić information content (AvgIpc) is 3.65. The van der Waals surface area contributed by atoms with E-state index in [1.54, 1.807) is 0 Å². The van der Waals surface area contributed by atoms with E-state index in [0.717, 1.165) is 0 Å². The Morgan fingerprint density at radius 1 is 0.700 bits per heavy atom. The molecule has 3 aromatic carbocycles. The zero-order valence-corrected chi connectivity index (χ0v) is 26.4. The van der Waals surface area contributed by atoms with Crippen molar-refractivity contribution >= 4 is 61.0 Å². The molecule has 2 aliphatic heterocycles. The third-order valence-corrected chi connectivity index (χ3v) is 16.2. The van der Waals surface area contributed by atoms with Gasteiger partial charge in [0, 0.05) is 22.2 Å². The van der Waals surface area contributed by atoms with Gasteiger partial charge in [-0.15, -0.1) is 0 Å². The number of rotatable bonds is 2. The summed E-state index contributed by atoms with van der Waals surface area (Å²) in [4.78, 5) is 0. The Hall–Kier alpha value is -3.55. The van der Waals surface area contributed by atoms with Gasteiger partial charge in [0.15, 0.2) is 8.24 Å². The summed E-state index contributed by atoms with van der Waals surface area (Å²) in [6, 6.07) is 31.4. The number of aryl methyl sites for hydroxylation is 1. The van der Waals surface area contributed by atoms with Crippen LogP contribution in [0.2, 0.25) is 32.2 Å². The van der Waals surface area contributed by atoms with Crippen molar-refractivity contribution in [2.45, 2.75) is 52.5 Å². The molecule has 5 heteroatoms. The predicted octanol–water partition coefficient (Wildman–Crippen LogP) is 9.57. The number of para-hydroxylation sites is 2. The molecule has 1 unspecified atom stereocenters. The lowest BCUT2D eigenvalue weighted by Gasteiger charge is -2.39. The van der Waals surface area contributed by atoms with Gasteiger partial charge in [0.2, 0.25) is 0 Å². The van der Waals surface area contributed by atoms with Crippen LogP contribution in [-0.2, 0) is 0 Å². The highest BCUT2D eigenvalue weighted by Gasteiger charge is 2.41. The summed E-state index contributed by atoms with van der Waals surface area (Å²) < 4.78 is 8.11. The maximum absolute atomic E-state index is 2.75. The highest BCUT2D eigenvalue weighted by Crippen LogP contribution is 2.46. The number of nitrogens with zero attached hydrogens (tertiary/aromatic N) is 3. The summed E-state index contributed by atoms with van der Waals surface area (Å²) in [5, 5.41) is 4.09. The lowest BCUT2D eigenvalue weighted by atomic mass is 9.91. The predicted molar refractivity (Wildman–Crippen MR) is 177 cm³/mol. The van der Waals surface area contributed by atoms with Crippen LogP contribution in [0.5, 0.6) is 0 Å². The third-order valence-electron chi connectivity index (χ3n) is 9.86. The lowest BCUT2D eigenvalue weighted by Crippen LogP contribution is -2.43. The first kappa shape index (κ1) is 24.3. The number of hydrogen-bond acceptors (Lipinski definition) is 0. The van der Waals surface area contributed by atoms with Crippen molar-refractivity contribution in [1.29, 1.82) is 0 Å². The van der Waals surface area contributed by atoms with E-state index in [2.05, 4.69) is 138 Å². The Labute approximate surface area is 238 Å². The van der Waals surface area contributed by atoms with E-state index in [-0.39, 0.29) is 0 Å². The molecule has 0 spiro atoms. The Morgan fingerprint density at radius 2 is 1.27 bits per heavy atom. The molecular formula is C35H37N3Si2. The smallest absolute Gasteiger partial charge is 0.267 e. The van der Waals surface area contributed by atoms with E-state index < -0.39 is 16.6 Å². The van der Waals surface area contributed by atoms with Gasteiger partial charge >= 0.3 is 0 Å². The minimum Gasteiger partial charge on any atom is -0.368 e. The molecule has 0 bridgehead atoms. The van der Waals surface area contributed by atoms with Gasteiger partial charge in [-0.05, 0) is 120 Å². The molecule has 3 aromatic heterocycles. The van der Waals surface area contributed by atoms with Crippen LogP contribution in [0, 0.1) is 12.8 Å². The van der Waals surface area contributed by atoms with Crippen molar-refractivity contribution < 1.29 is 0 Å². The Morgan fingerprint density at radius 3 is 1.95 bits per heavy atom. The van der Waals surface area contributed by atoms with Crippen LogP contribution in [0.25, 0.3) is 55.7 Å². The van der Waals surface area contributed by atoms with Crippen molar-refractivity contribution in [3.63, 3.8) is 0 Å². The summed E-state index contributed by atoms with van der Waals surface area (Å²) in [7, 11) is -3.63. The fourth-order valence-electron chi connectivity index (χ4n) is 8.11. The van der Waals surface area contributed by atoms with Gasteiger partial charge in [-0.1, -0.05) is 56.4 Å². The SMILES string of the molecule is CCC1C[Si](C)(C)n2c(cc3ccccc32)C1=Cc1cc2c(cc1C)cc1n2[Si](C)(C)n2c-1cc1ccccc12. The van der Waals surface area contributed by atoms with E-state index in [1.165, 1.54) is 79.0 Å². The monoisotopic (exact) mass is 555 g/mol. The minimum absolute atomic E-state index is 0.601. The molecule has 5 heterocycles. The zero-order chi connectivity index (χ0) is 27.6. The molecule has 0 saturated heterocycles. The summed E-state index contributed by atoms with van der Waals surface area (Å²) in [6.07, 6.45) is 3.74. The molecule has 3 nitrogen and oxygen atoms in total. The van der Waals surface area contributed by atoms with Crippen LogP contribution in [0.15, 0.2) is 78.9 Å². The maximum atomic E-state index is 2.75. The number of aromatic nitrogens is 3. The Balaban J connectivity index is 1.35. The Kier molecular flexibility index (Phi) is 4.86. The summed E-state index contributed by atoms with van der Waals surface area (Å²) in [5.41, 5.74) is 12.6. The van der Waals surface area contributed by atoms with Gasteiger partial charge < -0.3 is 12.7 Å². The van der Waals surface area contributed by atoms with Gasteiger partial charge in [0.05, 0.1) is 11.4 Å². The van der Waals surface area contributed by atoms with Gasteiger partial charge in [0.1, 0.15) is 0 Å². The van der Waals surface area contributed by atoms with E-state index in [1.807, 2.05) is 0 Å². The number of benzene rings is 3. The van der Waals surface area contributed by atoms with Gasteiger partial charge in [0.25, 0.3) is 8.40 Å². The molecule has 1 atom stereocenters. The standard InChI is InChI=1S/C35H37N3Si2/c1-7-24-22-39(3,4)36-30-14-10-8-12-25(30)18-33(36)29(24)17-27-20-32-28(16-23(27)2)21-35-34-19-26-13-9-11-15-31(26)37(34)40(5,6)38(32)35/h8-21,24H,7,22H2,1-6H3. The Bertz CT molecular complexity index is 2050. The number of fused-ring (bicyclic) bond motifs is 10. The summed E-state index contributed by atoms with van der Waals surface area (Å²) >= 11 is 0. The number of allylic oxidation sites excluding steroid dienone is 1. The van der Waals surface area contributed by atoms with E-state index in [0.29, 0.717) is 5.92 Å². The van der Waals surface area contributed by atoms with Crippen LogP contribution in [0.3, 0.4) is 0 Å². The molecule has 8 rings (SSSR count). The molecule has 0 amide bonds.